The molecule has 1 amide bonds. The molecule has 0 aliphatic rings. The molecule has 16 heavy (non-hydrogen) atoms. The Hall–Kier alpha value is -1.55. The number of hydrogen-bond donors (Lipinski definition) is 2. The highest BCUT2D eigenvalue weighted by Crippen LogP contribution is 2.11. The zero-order valence-electron chi connectivity index (χ0n) is 9.81. The van der Waals surface area contributed by atoms with Crippen LogP contribution in [0.2, 0.25) is 0 Å². The number of primary amides is 1. The van der Waals surface area contributed by atoms with E-state index in [1.165, 1.54) is 0 Å². The SMILES string of the molecule is CNC(CCN(C)c1ccccc1)C(N)=O. The summed E-state index contributed by atoms with van der Waals surface area (Å²) in [5.74, 6) is -0.302. The lowest BCUT2D eigenvalue weighted by Gasteiger charge is -2.21. The Morgan fingerprint density at radius 2 is 2.06 bits per heavy atom. The Kier molecular flexibility index (Phi) is 4.79. The van der Waals surface area contributed by atoms with Gasteiger partial charge in [0.2, 0.25) is 5.91 Å². The molecule has 0 aliphatic carbocycles. The first-order valence-electron chi connectivity index (χ1n) is 5.38. The van der Waals surface area contributed by atoms with E-state index < -0.39 is 0 Å². The summed E-state index contributed by atoms with van der Waals surface area (Å²) in [7, 11) is 3.75. The van der Waals surface area contributed by atoms with Crippen molar-refractivity contribution >= 4 is 11.6 Å². The average Bonchev–Trinajstić information content (AvgIpc) is 2.30. The van der Waals surface area contributed by atoms with Gasteiger partial charge >= 0.3 is 0 Å². The largest absolute Gasteiger partial charge is 0.375 e. The number of hydrogen-bond acceptors (Lipinski definition) is 3. The van der Waals surface area contributed by atoms with Crippen molar-refractivity contribution in [3.05, 3.63) is 30.3 Å². The molecule has 1 unspecified atom stereocenters. The molecule has 1 aromatic rings. The molecule has 0 saturated heterocycles. The van der Waals surface area contributed by atoms with Gasteiger partial charge in [-0.05, 0) is 25.6 Å². The second-order valence-electron chi connectivity index (χ2n) is 3.79. The van der Waals surface area contributed by atoms with E-state index in [1.54, 1.807) is 7.05 Å². The molecular weight excluding hydrogens is 202 g/mol. The third kappa shape index (κ3) is 3.55. The van der Waals surface area contributed by atoms with Crippen LogP contribution >= 0.6 is 0 Å². The topological polar surface area (TPSA) is 58.4 Å². The molecule has 1 aromatic carbocycles. The molecule has 0 aromatic heterocycles. The van der Waals surface area contributed by atoms with Gasteiger partial charge in [0.25, 0.3) is 0 Å². The number of benzene rings is 1. The highest BCUT2D eigenvalue weighted by Gasteiger charge is 2.13. The third-order valence-electron chi connectivity index (χ3n) is 2.64. The van der Waals surface area contributed by atoms with E-state index in [1.807, 2.05) is 37.4 Å². The summed E-state index contributed by atoms with van der Waals surface area (Å²) in [4.78, 5) is 13.1. The van der Waals surface area contributed by atoms with E-state index in [2.05, 4.69) is 10.2 Å². The van der Waals surface area contributed by atoms with Crippen molar-refractivity contribution in [3.8, 4) is 0 Å². The molecule has 1 atom stereocenters. The van der Waals surface area contributed by atoms with Crippen LogP contribution in [-0.2, 0) is 4.79 Å². The van der Waals surface area contributed by atoms with Gasteiger partial charge in [-0.2, -0.15) is 0 Å². The number of amides is 1. The summed E-state index contributed by atoms with van der Waals surface area (Å²) >= 11 is 0. The van der Waals surface area contributed by atoms with Crippen LogP contribution < -0.4 is 16.0 Å². The number of rotatable bonds is 6. The molecule has 0 bridgehead atoms. The second kappa shape index (κ2) is 6.12. The maximum absolute atomic E-state index is 11.0. The molecule has 0 heterocycles. The van der Waals surface area contributed by atoms with Crippen molar-refractivity contribution in [1.29, 1.82) is 0 Å². The number of carbonyl (C=O) groups excluding carboxylic acids is 1. The molecule has 88 valence electrons. The Morgan fingerprint density at radius 3 is 2.56 bits per heavy atom. The monoisotopic (exact) mass is 221 g/mol. The lowest BCUT2D eigenvalue weighted by Crippen LogP contribution is -2.41. The van der Waals surface area contributed by atoms with Crippen LogP contribution in [0.15, 0.2) is 30.3 Å². The fraction of sp³-hybridized carbons (Fsp3) is 0.417. The summed E-state index contributed by atoms with van der Waals surface area (Å²) in [6.07, 6.45) is 0.706. The van der Waals surface area contributed by atoms with Crippen molar-refractivity contribution < 1.29 is 4.79 Å². The predicted octanol–water partition coefficient (Wildman–Crippen LogP) is 0.586. The first-order chi connectivity index (χ1) is 7.65. The summed E-state index contributed by atoms with van der Waals surface area (Å²) in [5.41, 5.74) is 6.39. The highest BCUT2D eigenvalue weighted by molar-refractivity contribution is 5.79. The Morgan fingerprint density at radius 1 is 1.44 bits per heavy atom. The molecule has 0 fully saturated rings. The summed E-state index contributed by atoms with van der Waals surface area (Å²) in [6, 6.07) is 9.80. The number of nitrogens with zero attached hydrogens (tertiary/aromatic N) is 1. The maximum Gasteiger partial charge on any atom is 0.234 e. The summed E-state index contributed by atoms with van der Waals surface area (Å²) < 4.78 is 0. The van der Waals surface area contributed by atoms with Gasteiger partial charge in [-0.3, -0.25) is 4.79 Å². The van der Waals surface area contributed by atoms with Gasteiger partial charge in [-0.25, -0.2) is 0 Å². The number of carbonyl (C=O) groups is 1. The first-order valence-corrected chi connectivity index (χ1v) is 5.38. The number of para-hydroxylation sites is 1. The smallest absolute Gasteiger partial charge is 0.234 e. The fourth-order valence-electron chi connectivity index (χ4n) is 1.56. The van der Waals surface area contributed by atoms with Crippen molar-refractivity contribution in [2.75, 3.05) is 25.5 Å². The van der Waals surface area contributed by atoms with Crippen LogP contribution in [0.25, 0.3) is 0 Å². The molecular formula is C12H19N3O. The Labute approximate surface area is 96.4 Å². The molecule has 1 rings (SSSR count). The first kappa shape index (κ1) is 12.5. The number of likely N-dealkylation sites (N-methyl/N-ethyl adjacent to an activating group) is 1. The fourth-order valence-corrected chi connectivity index (χ4v) is 1.56. The van der Waals surface area contributed by atoms with E-state index in [4.69, 9.17) is 5.73 Å². The van der Waals surface area contributed by atoms with E-state index >= 15 is 0 Å². The van der Waals surface area contributed by atoms with Crippen LogP contribution in [-0.4, -0.2) is 32.6 Å². The minimum atomic E-state index is -0.302. The molecule has 3 N–H and O–H groups in total. The van der Waals surface area contributed by atoms with E-state index in [0.29, 0.717) is 6.42 Å². The molecule has 4 nitrogen and oxygen atoms in total. The van der Waals surface area contributed by atoms with Crippen LogP contribution in [0.5, 0.6) is 0 Å². The summed E-state index contributed by atoms with van der Waals surface area (Å²) in [6.45, 7) is 0.790. The number of nitrogens with one attached hydrogen (secondary N) is 1. The van der Waals surface area contributed by atoms with Gasteiger partial charge in [0.1, 0.15) is 0 Å². The van der Waals surface area contributed by atoms with Gasteiger partial charge in [0.05, 0.1) is 6.04 Å². The molecule has 0 radical (unpaired) electrons. The number of nitrogens with two attached hydrogens (primary N) is 1. The molecule has 4 heteroatoms. The molecule has 0 saturated carbocycles. The van der Waals surface area contributed by atoms with Gasteiger partial charge in [0, 0.05) is 19.3 Å². The van der Waals surface area contributed by atoms with Gasteiger partial charge < -0.3 is 16.0 Å². The maximum atomic E-state index is 11.0. The number of anilines is 1. The molecule has 0 aliphatic heterocycles. The zero-order chi connectivity index (χ0) is 12.0. The lowest BCUT2D eigenvalue weighted by molar-refractivity contribution is -0.119. The van der Waals surface area contributed by atoms with E-state index in [-0.39, 0.29) is 11.9 Å². The van der Waals surface area contributed by atoms with Crippen molar-refractivity contribution in [2.24, 2.45) is 5.73 Å². The van der Waals surface area contributed by atoms with Crippen LogP contribution in [0.1, 0.15) is 6.42 Å². The second-order valence-corrected chi connectivity index (χ2v) is 3.79. The van der Waals surface area contributed by atoms with Crippen molar-refractivity contribution in [3.63, 3.8) is 0 Å². The molecule has 0 spiro atoms. The van der Waals surface area contributed by atoms with Crippen molar-refractivity contribution in [2.45, 2.75) is 12.5 Å². The zero-order valence-corrected chi connectivity index (χ0v) is 9.81. The quantitative estimate of drug-likeness (QED) is 0.739. The predicted molar refractivity (Wildman–Crippen MR) is 66.4 cm³/mol. The standard InChI is InChI=1S/C12H19N3O/c1-14-11(12(13)16)8-9-15(2)10-6-4-3-5-7-10/h3-7,11,14H,8-9H2,1-2H3,(H2,13,16). The van der Waals surface area contributed by atoms with Gasteiger partial charge in [-0.1, -0.05) is 18.2 Å². The van der Waals surface area contributed by atoms with E-state index in [0.717, 1.165) is 12.2 Å². The van der Waals surface area contributed by atoms with Gasteiger partial charge in [0.15, 0.2) is 0 Å². The van der Waals surface area contributed by atoms with Crippen LogP contribution in [0, 0.1) is 0 Å². The normalized spacial score (nSPS) is 12.1. The lowest BCUT2D eigenvalue weighted by atomic mass is 10.2. The van der Waals surface area contributed by atoms with Crippen LogP contribution in [0.4, 0.5) is 5.69 Å². The van der Waals surface area contributed by atoms with Crippen LogP contribution in [0.3, 0.4) is 0 Å². The van der Waals surface area contributed by atoms with Gasteiger partial charge in [-0.15, -0.1) is 0 Å². The Bertz CT molecular complexity index is 326. The average molecular weight is 221 g/mol. The third-order valence-corrected chi connectivity index (χ3v) is 2.64. The van der Waals surface area contributed by atoms with Crippen molar-refractivity contribution in [1.82, 2.24) is 5.32 Å². The minimum Gasteiger partial charge on any atom is -0.375 e. The van der Waals surface area contributed by atoms with E-state index in [9.17, 15) is 4.79 Å². The minimum absolute atomic E-state index is 0.258. The summed E-state index contributed by atoms with van der Waals surface area (Å²) in [5, 5.41) is 2.91. The highest BCUT2D eigenvalue weighted by atomic mass is 16.1. The Balaban J connectivity index is 2.46.